The van der Waals surface area contributed by atoms with E-state index in [1.165, 1.54) is 5.56 Å². The summed E-state index contributed by atoms with van der Waals surface area (Å²) in [6.45, 7) is 2.52. The van der Waals surface area contributed by atoms with Gasteiger partial charge in [-0.2, -0.15) is 11.8 Å². The molecule has 0 spiro atoms. The molecule has 2 unspecified atom stereocenters. The smallest absolute Gasteiger partial charge is 0.0438 e. The second-order valence-electron chi connectivity index (χ2n) is 3.83. The molecular formula is C13H21NOS. The van der Waals surface area contributed by atoms with E-state index in [1.54, 1.807) is 0 Å². The van der Waals surface area contributed by atoms with Gasteiger partial charge in [-0.25, -0.2) is 0 Å². The third-order valence-corrected chi connectivity index (χ3v) is 3.94. The standard InChI is InChI=1S/C13H21NOS/c1-11(16-10-6-9-15)13(14-2)12-7-4-3-5-8-12/h3-5,7-8,11,13-15H,6,9-10H2,1-2H3. The molecule has 0 aliphatic carbocycles. The molecule has 0 aromatic heterocycles. The van der Waals surface area contributed by atoms with Crippen LogP contribution in [-0.2, 0) is 0 Å². The van der Waals surface area contributed by atoms with Crippen LogP contribution < -0.4 is 5.32 Å². The maximum absolute atomic E-state index is 8.76. The van der Waals surface area contributed by atoms with E-state index >= 15 is 0 Å². The molecule has 0 bridgehead atoms. The van der Waals surface area contributed by atoms with E-state index in [9.17, 15) is 0 Å². The lowest BCUT2D eigenvalue weighted by atomic mass is 10.0. The van der Waals surface area contributed by atoms with E-state index in [0.717, 1.165) is 12.2 Å². The maximum atomic E-state index is 8.76. The van der Waals surface area contributed by atoms with E-state index in [0.29, 0.717) is 11.3 Å². The summed E-state index contributed by atoms with van der Waals surface area (Å²) < 4.78 is 0. The number of nitrogens with one attached hydrogen (secondary N) is 1. The van der Waals surface area contributed by atoms with E-state index in [2.05, 4.69) is 36.5 Å². The Balaban J connectivity index is 2.53. The lowest BCUT2D eigenvalue weighted by Gasteiger charge is -2.23. The highest BCUT2D eigenvalue weighted by Crippen LogP contribution is 2.26. The number of rotatable bonds is 7. The zero-order chi connectivity index (χ0) is 11.8. The zero-order valence-corrected chi connectivity index (χ0v) is 10.8. The first-order valence-electron chi connectivity index (χ1n) is 5.74. The average molecular weight is 239 g/mol. The third-order valence-electron chi connectivity index (χ3n) is 2.62. The van der Waals surface area contributed by atoms with Gasteiger partial charge in [-0.05, 0) is 24.8 Å². The second-order valence-corrected chi connectivity index (χ2v) is 5.32. The molecule has 1 rings (SSSR count). The molecule has 0 radical (unpaired) electrons. The normalized spacial score (nSPS) is 14.7. The second kappa shape index (κ2) is 7.71. The largest absolute Gasteiger partial charge is 0.396 e. The molecule has 90 valence electrons. The molecule has 0 saturated carbocycles. The Bertz CT molecular complexity index is 279. The molecule has 2 atom stereocenters. The Morgan fingerprint density at radius 1 is 1.31 bits per heavy atom. The fourth-order valence-electron chi connectivity index (χ4n) is 1.76. The van der Waals surface area contributed by atoms with Crippen molar-refractivity contribution >= 4 is 11.8 Å². The topological polar surface area (TPSA) is 32.3 Å². The predicted octanol–water partition coefficient (Wildman–Crippen LogP) is 2.45. The van der Waals surface area contributed by atoms with Crippen molar-refractivity contribution in [2.75, 3.05) is 19.4 Å². The Morgan fingerprint density at radius 3 is 2.56 bits per heavy atom. The molecule has 2 nitrogen and oxygen atoms in total. The summed E-state index contributed by atoms with van der Waals surface area (Å²) in [4.78, 5) is 0. The van der Waals surface area contributed by atoms with Crippen LogP contribution in [0, 0.1) is 0 Å². The summed E-state index contributed by atoms with van der Waals surface area (Å²) in [5, 5.41) is 12.6. The minimum Gasteiger partial charge on any atom is -0.396 e. The summed E-state index contributed by atoms with van der Waals surface area (Å²) in [6.07, 6.45) is 0.875. The minimum absolute atomic E-state index is 0.287. The number of hydrogen-bond donors (Lipinski definition) is 2. The third kappa shape index (κ3) is 4.16. The van der Waals surface area contributed by atoms with Crippen LogP contribution in [0.5, 0.6) is 0 Å². The van der Waals surface area contributed by atoms with Crippen LogP contribution in [0.4, 0.5) is 0 Å². The van der Waals surface area contributed by atoms with Gasteiger partial charge in [0, 0.05) is 17.9 Å². The molecule has 2 N–H and O–H groups in total. The van der Waals surface area contributed by atoms with Crippen molar-refractivity contribution in [1.29, 1.82) is 0 Å². The van der Waals surface area contributed by atoms with E-state index in [1.807, 2.05) is 24.9 Å². The van der Waals surface area contributed by atoms with Gasteiger partial charge < -0.3 is 10.4 Å². The van der Waals surface area contributed by atoms with Crippen LogP contribution in [0.1, 0.15) is 24.9 Å². The van der Waals surface area contributed by atoms with E-state index < -0.39 is 0 Å². The summed E-state index contributed by atoms with van der Waals surface area (Å²) in [5.41, 5.74) is 1.33. The SMILES string of the molecule is CNC(c1ccccc1)C(C)SCCCO. The van der Waals surface area contributed by atoms with Crippen LogP contribution >= 0.6 is 11.8 Å². The van der Waals surface area contributed by atoms with Crippen LogP contribution in [0.15, 0.2) is 30.3 Å². The Morgan fingerprint density at radius 2 is 2.00 bits per heavy atom. The average Bonchev–Trinajstić information content (AvgIpc) is 2.32. The monoisotopic (exact) mass is 239 g/mol. The van der Waals surface area contributed by atoms with Crippen LogP contribution in [0.2, 0.25) is 0 Å². The van der Waals surface area contributed by atoms with Gasteiger partial charge in [-0.15, -0.1) is 0 Å². The summed E-state index contributed by atoms with van der Waals surface area (Å²) >= 11 is 1.91. The maximum Gasteiger partial charge on any atom is 0.0438 e. The molecule has 0 fully saturated rings. The summed E-state index contributed by atoms with van der Waals surface area (Å²) in [5.74, 6) is 1.02. The van der Waals surface area contributed by atoms with Gasteiger partial charge in [-0.1, -0.05) is 37.3 Å². The van der Waals surface area contributed by atoms with Gasteiger partial charge in [0.15, 0.2) is 0 Å². The van der Waals surface area contributed by atoms with Gasteiger partial charge in [0.25, 0.3) is 0 Å². The molecular weight excluding hydrogens is 218 g/mol. The Hall–Kier alpha value is -0.510. The Kier molecular flexibility index (Phi) is 6.53. The zero-order valence-electron chi connectivity index (χ0n) is 10.0. The molecule has 16 heavy (non-hydrogen) atoms. The van der Waals surface area contributed by atoms with Crippen molar-refractivity contribution in [3.8, 4) is 0 Å². The number of aliphatic hydroxyl groups excluding tert-OH is 1. The van der Waals surface area contributed by atoms with Crippen molar-refractivity contribution in [3.63, 3.8) is 0 Å². The molecule has 1 aromatic carbocycles. The Labute approximate surface area is 102 Å². The highest BCUT2D eigenvalue weighted by Gasteiger charge is 2.16. The fourth-order valence-corrected chi connectivity index (χ4v) is 2.92. The first-order valence-corrected chi connectivity index (χ1v) is 6.79. The van der Waals surface area contributed by atoms with Gasteiger partial charge in [0.2, 0.25) is 0 Å². The van der Waals surface area contributed by atoms with E-state index in [4.69, 9.17) is 5.11 Å². The number of hydrogen-bond acceptors (Lipinski definition) is 3. The first kappa shape index (κ1) is 13.6. The molecule has 3 heteroatoms. The lowest BCUT2D eigenvalue weighted by molar-refractivity contribution is 0.296. The number of aliphatic hydroxyl groups is 1. The van der Waals surface area contributed by atoms with Gasteiger partial charge in [-0.3, -0.25) is 0 Å². The first-order chi connectivity index (χ1) is 7.79. The molecule has 0 aliphatic heterocycles. The minimum atomic E-state index is 0.287. The molecule has 0 aliphatic rings. The molecule has 0 saturated heterocycles. The van der Waals surface area contributed by atoms with Crippen LogP contribution in [0.3, 0.4) is 0 Å². The highest BCUT2D eigenvalue weighted by atomic mass is 32.2. The number of benzene rings is 1. The van der Waals surface area contributed by atoms with Gasteiger partial charge in [0.1, 0.15) is 0 Å². The highest BCUT2D eigenvalue weighted by molar-refractivity contribution is 7.99. The van der Waals surface area contributed by atoms with E-state index in [-0.39, 0.29) is 6.61 Å². The molecule has 1 aromatic rings. The van der Waals surface area contributed by atoms with Gasteiger partial charge in [0.05, 0.1) is 0 Å². The van der Waals surface area contributed by atoms with Crippen LogP contribution in [-0.4, -0.2) is 29.8 Å². The van der Waals surface area contributed by atoms with Crippen molar-refractivity contribution in [3.05, 3.63) is 35.9 Å². The lowest BCUT2D eigenvalue weighted by Crippen LogP contribution is -2.25. The quantitative estimate of drug-likeness (QED) is 0.717. The molecule has 0 heterocycles. The van der Waals surface area contributed by atoms with Crippen molar-refractivity contribution in [1.82, 2.24) is 5.32 Å². The number of thioether (sulfide) groups is 1. The van der Waals surface area contributed by atoms with Crippen molar-refractivity contribution in [2.45, 2.75) is 24.6 Å². The van der Waals surface area contributed by atoms with Crippen molar-refractivity contribution < 1.29 is 5.11 Å². The van der Waals surface area contributed by atoms with Crippen molar-refractivity contribution in [2.24, 2.45) is 0 Å². The summed E-state index contributed by atoms with van der Waals surface area (Å²) in [7, 11) is 2.00. The summed E-state index contributed by atoms with van der Waals surface area (Å²) in [6, 6.07) is 10.9. The predicted molar refractivity (Wildman–Crippen MR) is 71.9 cm³/mol. The molecule has 0 amide bonds. The van der Waals surface area contributed by atoms with Gasteiger partial charge >= 0.3 is 0 Å². The van der Waals surface area contributed by atoms with Crippen LogP contribution in [0.25, 0.3) is 0 Å². The fraction of sp³-hybridized carbons (Fsp3) is 0.538.